The maximum Gasteiger partial charge on any atom is 0.191 e. The van der Waals surface area contributed by atoms with Crippen LogP contribution in [0.1, 0.15) is 26.7 Å². The second kappa shape index (κ2) is 11.7. The molecule has 6 nitrogen and oxygen atoms in total. The largest absolute Gasteiger partial charge is 0.383 e. The average Bonchev–Trinajstić information content (AvgIpc) is 2.98. The Hall–Kier alpha value is -0.850. The van der Waals surface area contributed by atoms with Crippen molar-refractivity contribution in [3.05, 3.63) is 0 Å². The Morgan fingerprint density at radius 2 is 2.14 bits per heavy atom. The first-order valence-corrected chi connectivity index (χ1v) is 8.64. The highest BCUT2D eigenvalue weighted by atomic mass is 16.5. The lowest BCUT2D eigenvalue weighted by atomic mass is 10.2. The van der Waals surface area contributed by atoms with Crippen LogP contribution in [-0.4, -0.2) is 88.4 Å². The Balaban J connectivity index is 2.32. The van der Waals surface area contributed by atoms with Crippen molar-refractivity contribution in [3.8, 4) is 0 Å². The Kier molecular flexibility index (Phi) is 10.2. The van der Waals surface area contributed by atoms with Gasteiger partial charge in [0.05, 0.1) is 13.2 Å². The van der Waals surface area contributed by atoms with Crippen LogP contribution >= 0.6 is 0 Å². The van der Waals surface area contributed by atoms with Crippen molar-refractivity contribution in [2.45, 2.75) is 32.7 Å². The third-order valence-electron chi connectivity index (χ3n) is 4.17. The molecule has 1 saturated heterocycles. The standard InChI is InChI=1S/C16H35N5O/c1-5-17-16(18-9-11-20(3)12-13-22-4)19-14-15-8-7-10-21(15)6-2/h15H,5-14H2,1-4H3,(H2,17,18,19). The predicted molar refractivity (Wildman–Crippen MR) is 93.6 cm³/mol. The number of likely N-dealkylation sites (N-methyl/N-ethyl adjacent to an activating group) is 2. The molecule has 1 aliphatic heterocycles. The number of nitrogens with one attached hydrogen (secondary N) is 2. The number of hydrogen-bond acceptors (Lipinski definition) is 4. The van der Waals surface area contributed by atoms with Gasteiger partial charge in [-0.2, -0.15) is 0 Å². The molecule has 0 aromatic carbocycles. The maximum absolute atomic E-state index is 5.09. The number of guanidine groups is 1. The summed E-state index contributed by atoms with van der Waals surface area (Å²) in [6.45, 7) is 12.1. The number of ether oxygens (including phenoxy) is 1. The fraction of sp³-hybridized carbons (Fsp3) is 0.938. The lowest BCUT2D eigenvalue weighted by molar-refractivity contribution is 0.162. The molecule has 130 valence electrons. The van der Waals surface area contributed by atoms with Crippen LogP contribution in [0, 0.1) is 0 Å². The molecule has 1 atom stereocenters. The maximum atomic E-state index is 5.09. The molecule has 0 aromatic heterocycles. The van der Waals surface area contributed by atoms with Gasteiger partial charge in [-0.05, 0) is 39.9 Å². The smallest absolute Gasteiger partial charge is 0.191 e. The third-order valence-corrected chi connectivity index (χ3v) is 4.17. The summed E-state index contributed by atoms with van der Waals surface area (Å²) in [5, 5.41) is 6.76. The number of hydrogen-bond donors (Lipinski definition) is 2. The van der Waals surface area contributed by atoms with E-state index in [0.717, 1.165) is 51.8 Å². The lowest BCUT2D eigenvalue weighted by Gasteiger charge is -2.22. The molecule has 0 aliphatic carbocycles. The zero-order valence-electron chi connectivity index (χ0n) is 14.9. The van der Waals surface area contributed by atoms with Crippen LogP contribution in [0.25, 0.3) is 0 Å². The third kappa shape index (κ3) is 7.42. The molecular weight excluding hydrogens is 278 g/mol. The molecule has 1 rings (SSSR count). The van der Waals surface area contributed by atoms with Crippen LogP contribution in [-0.2, 0) is 4.74 Å². The van der Waals surface area contributed by atoms with E-state index >= 15 is 0 Å². The molecule has 22 heavy (non-hydrogen) atoms. The monoisotopic (exact) mass is 313 g/mol. The number of rotatable bonds is 10. The zero-order chi connectivity index (χ0) is 16.2. The average molecular weight is 313 g/mol. The minimum Gasteiger partial charge on any atom is -0.383 e. The molecule has 2 N–H and O–H groups in total. The summed E-state index contributed by atoms with van der Waals surface area (Å²) in [6.07, 6.45) is 2.58. The second-order valence-electron chi connectivity index (χ2n) is 5.87. The van der Waals surface area contributed by atoms with E-state index in [9.17, 15) is 0 Å². The van der Waals surface area contributed by atoms with Crippen LogP contribution in [0.3, 0.4) is 0 Å². The Bertz CT molecular complexity index is 311. The SMILES string of the molecule is CCNC(=NCC1CCCN1CC)NCCN(C)CCOC. The highest BCUT2D eigenvalue weighted by molar-refractivity contribution is 5.79. The molecular formula is C16H35N5O. The van der Waals surface area contributed by atoms with Crippen molar-refractivity contribution in [1.82, 2.24) is 20.4 Å². The number of methoxy groups -OCH3 is 1. The van der Waals surface area contributed by atoms with Crippen molar-refractivity contribution in [3.63, 3.8) is 0 Å². The van der Waals surface area contributed by atoms with Gasteiger partial charge in [-0.15, -0.1) is 0 Å². The van der Waals surface area contributed by atoms with E-state index in [1.165, 1.54) is 19.4 Å². The highest BCUT2D eigenvalue weighted by Crippen LogP contribution is 2.16. The fourth-order valence-electron chi connectivity index (χ4n) is 2.78. The minimum atomic E-state index is 0.616. The van der Waals surface area contributed by atoms with Crippen LogP contribution in [0.2, 0.25) is 0 Å². The van der Waals surface area contributed by atoms with E-state index in [-0.39, 0.29) is 0 Å². The number of nitrogens with zero attached hydrogens (tertiary/aromatic N) is 3. The number of aliphatic imine (C=N–C) groups is 1. The summed E-state index contributed by atoms with van der Waals surface area (Å²) < 4.78 is 5.09. The van der Waals surface area contributed by atoms with Crippen LogP contribution in [0.15, 0.2) is 4.99 Å². The normalized spacial score (nSPS) is 19.9. The molecule has 0 amide bonds. The topological polar surface area (TPSA) is 52.1 Å². The van der Waals surface area contributed by atoms with Gasteiger partial charge in [-0.25, -0.2) is 0 Å². The summed E-state index contributed by atoms with van der Waals surface area (Å²) in [5.41, 5.74) is 0. The molecule has 0 radical (unpaired) electrons. The van der Waals surface area contributed by atoms with Crippen molar-refractivity contribution < 1.29 is 4.74 Å². The van der Waals surface area contributed by atoms with Crippen molar-refractivity contribution in [2.75, 3.05) is 66.6 Å². The van der Waals surface area contributed by atoms with Crippen LogP contribution < -0.4 is 10.6 Å². The lowest BCUT2D eigenvalue weighted by Crippen LogP contribution is -2.42. The molecule has 1 unspecified atom stereocenters. The molecule has 0 aromatic rings. The van der Waals surface area contributed by atoms with Gasteiger partial charge in [0.1, 0.15) is 0 Å². The summed E-state index contributed by atoms with van der Waals surface area (Å²) in [5.74, 6) is 0.936. The van der Waals surface area contributed by atoms with Gasteiger partial charge in [0.15, 0.2) is 5.96 Å². The predicted octanol–water partition coefficient (Wildman–Crippen LogP) is 0.604. The van der Waals surface area contributed by atoms with E-state index < -0.39 is 0 Å². The summed E-state index contributed by atoms with van der Waals surface area (Å²) in [4.78, 5) is 9.56. The van der Waals surface area contributed by atoms with Crippen molar-refractivity contribution in [2.24, 2.45) is 4.99 Å². The van der Waals surface area contributed by atoms with Gasteiger partial charge >= 0.3 is 0 Å². The first-order chi connectivity index (χ1) is 10.7. The molecule has 1 fully saturated rings. The van der Waals surface area contributed by atoms with E-state index in [1.807, 2.05) is 0 Å². The van der Waals surface area contributed by atoms with E-state index in [4.69, 9.17) is 9.73 Å². The van der Waals surface area contributed by atoms with Crippen molar-refractivity contribution in [1.29, 1.82) is 0 Å². The van der Waals surface area contributed by atoms with Gasteiger partial charge in [0.25, 0.3) is 0 Å². The van der Waals surface area contributed by atoms with Crippen LogP contribution in [0.5, 0.6) is 0 Å². The number of likely N-dealkylation sites (tertiary alicyclic amines) is 1. The Morgan fingerprint density at radius 1 is 1.32 bits per heavy atom. The van der Waals surface area contributed by atoms with Gasteiger partial charge in [-0.3, -0.25) is 9.89 Å². The Morgan fingerprint density at radius 3 is 2.82 bits per heavy atom. The van der Waals surface area contributed by atoms with Crippen LogP contribution in [0.4, 0.5) is 0 Å². The van der Waals surface area contributed by atoms with Crippen molar-refractivity contribution >= 4 is 5.96 Å². The van der Waals surface area contributed by atoms with E-state index in [0.29, 0.717) is 6.04 Å². The summed E-state index contributed by atoms with van der Waals surface area (Å²) in [7, 11) is 3.85. The minimum absolute atomic E-state index is 0.616. The summed E-state index contributed by atoms with van der Waals surface area (Å²) in [6, 6.07) is 0.616. The second-order valence-corrected chi connectivity index (χ2v) is 5.87. The highest BCUT2D eigenvalue weighted by Gasteiger charge is 2.22. The van der Waals surface area contributed by atoms with E-state index in [1.54, 1.807) is 7.11 Å². The van der Waals surface area contributed by atoms with Gasteiger partial charge in [-0.1, -0.05) is 6.92 Å². The van der Waals surface area contributed by atoms with E-state index in [2.05, 4.69) is 41.3 Å². The fourth-order valence-corrected chi connectivity index (χ4v) is 2.78. The molecule has 0 bridgehead atoms. The molecule has 0 spiro atoms. The van der Waals surface area contributed by atoms with Gasteiger partial charge in [0.2, 0.25) is 0 Å². The molecule has 6 heteroatoms. The first-order valence-electron chi connectivity index (χ1n) is 8.64. The molecule has 1 aliphatic rings. The molecule has 0 saturated carbocycles. The Labute approximate surface area is 136 Å². The van der Waals surface area contributed by atoms with Gasteiger partial charge in [0, 0.05) is 39.3 Å². The quantitative estimate of drug-likeness (QED) is 0.457. The van der Waals surface area contributed by atoms with Gasteiger partial charge < -0.3 is 20.3 Å². The molecule has 1 heterocycles. The zero-order valence-corrected chi connectivity index (χ0v) is 14.9. The first kappa shape index (κ1) is 19.2. The summed E-state index contributed by atoms with van der Waals surface area (Å²) >= 11 is 0.